The third-order valence-electron chi connectivity index (χ3n) is 6.34. The molecule has 0 unspecified atom stereocenters. The Balaban J connectivity index is 1.51. The molecule has 2 bridgehead atoms. The highest BCUT2D eigenvalue weighted by molar-refractivity contribution is 7.07. The molecule has 2 aromatic heterocycles. The van der Waals surface area contributed by atoms with Crippen LogP contribution < -0.4 is 19.6 Å². The first-order chi connectivity index (χ1) is 16.9. The maximum Gasteiger partial charge on any atom is 0.317 e. The van der Waals surface area contributed by atoms with Crippen molar-refractivity contribution < 1.29 is 18.7 Å². The second-order valence-electron chi connectivity index (χ2n) is 8.53. The van der Waals surface area contributed by atoms with Crippen LogP contribution in [-0.2, 0) is 9.53 Å². The number of methoxy groups -OCH3 is 1. The lowest BCUT2D eigenvalue weighted by Crippen LogP contribution is -2.58. The lowest BCUT2D eigenvalue weighted by molar-refractivity contribution is -0.158. The maximum absolute atomic E-state index is 13.6. The molecule has 4 aromatic rings. The zero-order chi connectivity index (χ0) is 24.3. The van der Waals surface area contributed by atoms with Crippen molar-refractivity contribution in [3.05, 3.63) is 96.7 Å². The second kappa shape index (κ2) is 7.96. The van der Waals surface area contributed by atoms with E-state index in [9.17, 15) is 9.59 Å². The number of aromatic nitrogens is 1. The SMILES string of the molecule is COC(=O)[C@@H]1[C@H]2c3ccccc3O[C@@]1(C)N=c1sc(=Cc3ccc(-c4cccc(Cl)c4)o3)c(=O)n12. The average Bonchev–Trinajstić information content (AvgIpc) is 3.42. The minimum Gasteiger partial charge on any atom is -0.469 e. The first kappa shape index (κ1) is 21.9. The molecule has 35 heavy (non-hydrogen) atoms. The molecular formula is C26H19ClN2O5S. The summed E-state index contributed by atoms with van der Waals surface area (Å²) in [6, 6.07) is 17.8. The van der Waals surface area contributed by atoms with Crippen LogP contribution in [0.2, 0.25) is 5.02 Å². The molecule has 7 nitrogen and oxygen atoms in total. The van der Waals surface area contributed by atoms with E-state index in [-0.39, 0.29) is 5.56 Å². The van der Waals surface area contributed by atoms with Gasteiger partial charge < -0.3 is 13.9 Å². The van der Waals surface area contributed by atoms with Gasteiger partial charge in [0.05, 0.1) is 17.7 Å². The Morgan fingerprint density at radius 1 is 1.20 bits per heavy atom. The van der Waals surface area contributed by atoms with Crippen LogP contribution in [-0.4, -0.2) is 23.4 Å². The highest BCUT2D eigenvalue weighted by Crippen LogP contribution is 2.47. The Morgan fingerprint density at radius 2 is 2.03 bits per heavy atom. The van der Waals surface area contributed by atoms with Crippen LogP contribution in [0.5, 0.6) is 5.75 Å². The van der Waals surface area contributed by atoms with Gasteiger partial charge in [0.1, 0.15) is 23.2 Å². The summed E-state index contributed by atoms with van der Waals surface area (Å²) in [5.74, 6) is 0.457. The number of carbonyl (C=O) groups excluding carboxylic acids is 1. The molecule has 2 aromatic carbocycles. The van der Waals surface area contributed by atoms with Crippen LogP contribution in [0.4, 0.5) is 0 Å². The molecule has 2 aliphatic rings. The predicted molar refractivity (Wildman–Crippen MR) is 131 cm³/mol. The number of carbonyl (C=O) groups is 1. The fourth-order valence-corrected chi connectivity index (χ4v) is 6.06. The van der Waals surface area contributed by atoms with Crippen LogP contribution in [0.25, 0.3) is 17.4 Å². The van der Waals surface area contributed by atoms with Crippen LogP contribution in [0.3, 0.4) is 0 Å². The van der Waals surface area contributed by atoms with Crippen molar-refractivity contribution in [3.63, 3.8) is 0 Å². The molecule has 0 saturated heterocycles. The number of halogens is 1. The van der Waals surface area contributed by atoms with Gasteiger partial charge in [-0.1, -0.05) is 53.3 Å². The van der Waals surface area contributed by atoms with E-state index in [0.29, 0.717) is 31.6 Å². The van der Waals surface area contributed by atoms with Crippen LogP contribution in [0, 0.1) is 5.92 Å². The summed E-state index contributed by atoms with van der Waals surface area (Å²) in [4.78, 5) is 31.7. The highest BCUT2D eigenvalue weighted by Gasteiger charge is 2.55. The summed E-state index contributed by atoms with van der Waals surface area (Å²) in [6.07, 6.45) is 1.69. The van der Waals surface area contributed by atoms with Crippen molar-refractivity contribution in [1.29, 1.82) is 0 Å². The van der Waals surface area contributed by atoms with Gasteiger partial charge in [-0.15, -0.1) is 0 Å². The summed E-state index contributed by atoms with van der Waals surface area (Å²) in [5.41, 5.74) is 0.118. The van der Waals surface area contributed by atoms with Crippen LogP contribution >= 0.6 is 22.9 Å². The number of para-hydroxylation sites is 1. The summed E-state index contributed by atoms with van der Waals surface area (Å²) >= 11 is 7.33. The van der Waals surface area contributed by atoms with Crippen molar-refractivity contribution in [2.45, 2.75) is 18.7 Å². The molecule has 6 rings (SSSR count). The molecule has 0 spiro atoms. The topological polar surface area (TPSA) is 83.0 Å². The number of nitrogens with zero attached hydrogens (tertiary/aromatic N) is 2. The Kier molecular flexibility index (Phi) is 4.98. The van der Waals surface area contributed by atoms with Crippen molar-refractivity contribution >= 4 is 35.0 Å². The number of esters is 1. The second-order valence-corrected chi connectivity index (χ2v) is 9.98. The number of hydrogen-bond donors (Lipinski definition) is 0. The molecule has 0 N–H and O–H groups in total. The molecule has 0 amide bonds. The van der Waals surface area contributed by atoms with Gasteiger partial charge in [-0.05, 0) is 37.3 Å². The van der Waals surface area contributed by atoms with E-state index in [1.165, 1.54) is 18.4 Å². The highest BCUT2D eigenvalue weighted by atomic mass is 35.5. The third kappa shape index (κ3) is 3.44. The normalized spacial score (nSPS) is 22.5. The number of benzene rings is 2. The van der Waals surface area contributed by atoms with E-state index < -0.39 is 23.7 Å². The molecule has 176 valence electrons. The molecule has 2 aliphatic heterocycles. The molecule has 3 atom stereocenters. The van der Waals surface area contributed by atoms with Crippen molar-refractivity contribution in [3.8, 4) is 17.1 Å². The molecule has 0 aliphatic carbocycles. The van der Waals surface area contributed by atoms with Crippen molar-refractivity contribution in [2.24, 2.45) is 10.9 Å². The number of ether oxygens (including phenoxy) is 2. The van der Waals surface area contributed by atoms with Gasteiger partial charge >= 0.3 is 5.97 Å². The van der Waals surface area contributed by atoms with Gasteiger partial charge in [-0.25, -0.2) is 4.99 Å². The van der Waals surface area contributed by atoms with E-state index in [1.54, 1.807) is 29.7 Å². The van der Waals surface area contributed by atoms with Gasteiger partial charge in [0.25, 0.3) is 5.56 Å². The fourth-order valence-electron chi connectivity index (χ4n) is 4.79. The van der Waals surface area contributed by atoms with E-state index >= 15 is 0 Å². The Bertz CT molecular complexity index is 1670. The summed E-state index contributed by atoms with van der Waals surface area (Å²) < 4.78 is 19.3. The minimum atomic E-state index is -1.20. The largest absolute Gasteiger partial charge is 0.469 e. The number of furan rings is 1. The molecule has 0 saturated carbocycles. The minimum absolute atomic E-state index is 0.257. The van der Waals surface area contributed by atoms with E-state index in [0.717, 1.165) is 11.1 Å². The molecular weight excluding hydrogens is 488 g/mol. The van der Waals surface area contributed by atoms with E-state index in [1.807, 2.05) is 48.5 Å². The third-order valence-corrected chi connectivity index (χ3v) is 7.56. The van der Waals surface area contributed by atoms with Crippen LogP contribution in [0.15, 0.2) is 74.9 Å². The number of fused-ring (bicyclic) bond motifs is 6. The Labute approximate surface area is 208 Å². The van der Waals surface area contributed by atoms with Gasteiger partial charge in [0.2, 0.25) is 5.72 Å². The molecule has 0 fully saturated rings. The number of rotatable bonds is 3. The summed E-state index contributed by atoms with van der Waals surface area (Å²) in [5, 5.41) is 0.609. The van der Waals surface area contributed by atoms with Gasteiger partial charge in [-0.2, -0.15) is 0 Å². The summed E-state index contributed by atoms with van der Waals surface area (Å²) in [7, 11) is 1.33. The Morgan fingerprint density at radius 3 is 2.83 bits per heavy atom. The molecule has 4 heterocycles. The van der Waals surface area contributed by atoms with Gasteiger partial charge in [0.15, 0.2) is 4.80 Å². The Hall–Kier alpha value is -3.62. The number of hydrogen-bond acceptors (Lipinski definition) is 7. The predicted octanol–water partition coefficient (Wildman–Crippen LogP) is 3.77. The average molecular weight is 507 g/mol. The molecule has 9 heteroatoms. The smallest absolute Gasteiger partial charge is 0.317 e. The first-order valence-electron chi connectivity index (χ1n) is 10.9. The lowest BCUT2D eigenvalue weighted by Gasteiger charge is -2.44. The van der Waals surface area contributed by atoms with Crippen molar-refractivity contribution in [1.82, 2.24) is 4.57 Å². The quantitative estimate of drug-likeness (QED) is 0.395. The fraction of sp³-hybridized carbons (Fsp3) is 0.192. The first-order valence-corrected chi connectivity index (χ1v) is 12.1. The summed E-state index contributed by atoms with van der Waals surface area (Å²) in [6.45, 7) is 1.75. The standard InChI is InChI=1S/C26H19ClN2O5S/c1-26-21(24(31)32-2)22(17-8-3-4-9-19(17)34-26)29-23(30)20(35-25(29)28-26)13-16-10-11-18(33-16)14-6-5-7-15(27)12-14/h3-13,21-22H,1-2H3/t21-,22+,26+/m0/s1. The van der Waals surface area contributed by atoms with Crippen molar-refractivity contribution in [2.75, 3.05) is 7.11 Å². The zero-order valence-corrected chi connectivity index (χ0v) is 20.3. The van der Waals surface area contributed by atoms with E-state index in [4.69, 9.17) is 30.5 Å². The van der Waals surface area contributed by atoms with Gasteiger partial charge in [-0.3, -0.25) is 14.2 Å². The number of thiazole rings is 1. The van der Waals surface area contributed by atoms with Crippen LogP contribution in [0.1, 0.15) is 24.3 Å². The van der Waals surface area contributed by atoms with Gasteiger partial charge in [0, 0.05) is 22.2 Å². The van der Waals surface area contributed by atoms with E-state index in [2.05, 4.69) is 0 Å². The monoisotopic (exact) mass is 506 g/mol. The molecule has 0 radical (unpaired) electrons. The zero-order valence-electron chi connectivity index (χ0n) is 18.7. The lowest BCUT2D eigenvalue weighted by atomic mass is 9.81. The maximum atomic E-state index is 13.6.